The molecule has 2 saturated heterocycles. The van der Waals surface area contributed by atoms with Gasteiger partial charge < -0.3 is 34.4 Å². The molecule has 1 aromatic heterocycles. The Morgan fingerprint density at radius 2 is 1.71 bits per heavy atom. The lowest BCUT2D eigenvalue weighted by atomic mass is 9.84. The summed E-state index contributed by atoms with van der Waals surface area (Å²) in [6.07, 6.45) is 3.27. The van der Waals surface area contributed by atoms with Crippen LogP contribution in [0.4, 0.5) is 0 Å². The molecule has 14 nitrogen and oxygen atoms in total. The number of likely N-dealkylation sites (tertiary alicyclic amines) is 1. The van der Waals surface area contributed by atoms with E-state index in [-0.39, 0.29) is 49.6 Å². The van der Waals surface area contributed by atoms with Gasteiger partial charge in [0.25, 0.3) is 5.91 Å². The summed E-state index contributed by atoms with van der Waals surface area (Å²) in [5.41, 5.74) is 10.4. The zero-order chi connectivity index (χ0) is 47.6. The number of phenolic OH excluding ortho intramolecular Hbond substituents is 1. The fourth-order valence-electron chi connectivity index (χ4n) is 10.1. The fourth-order valence-corrected chi connectivity index (χ4v) is 10.1. The van der Waals surface area contributed by atoms with E-state index in [1.165, 1.54) is 21.5 Å². The maximum absolute atomic E-state index is 14.7. The van der Waals surface area contributed by atoms with Crippen molar-refractivity contribution in [2.24, 2.45) is 17.3 Å². The zero-order valence-electron chi connectivity index (χ0n) is 39.9. The van der Waals surface area contributed by atoms with Gasteiger partial charge in [0.15, 0.2) is 0 Å². The Labute approximate surface area is 388 Å². The molecule has 352 valence electrons. The van der Waals surface area contributed by atoms with Gasteiger partial charge in [-0.05, 0) is 116 Å². The monoisotopic (exact) mass is 902 g/mol. The highest BCUT2D eigenvalue weighted by Crippen LogP contribution is 2.41. The molecule has 4 aromatic rings. The van der Waals surface area contributed by atoms with Crippen LogP contribution in [-0.2, 0) is 54.6 Å². The second kappa shape index (κ2) is 19.9. The number of rotatable bonds is 10. The van der Waals surface area contributed by atoms with Crippen molar-refractivity contribution in [2.75, 3.05) is 47.4 Å². The zero-order valence-corrected chi connectivity index (χ0v) is 39.9. The van der Waals surface area contributed by atoms with Gasteiger partial charge in [0.05, 0.1) is 18.2 Å². The largest absolute Gasteiger partial charge is 0.508 e. The molecule has 2 fully saturated rings. The number of carbonyl (C=O) groups is 5. The van der Waals surface area contributed by atoms with Crippen LogP contribution in [0.25, 0.3) is 33.3 Å². The molecule has 0 spiro atoms. The maximum Gasteiger partial charge on any atom is 0.324 e. The first-order valence-electron chi connectivity index (χ1n) is 23.3. The van der Waals surface area contributed by atoms with Crippen LogP contribution in [-0.4, -0.2) is 124 Å². The molecule has 3 aliphatic rings. The second-order valence-corrected chi connectivity index (χ2v) is 19.8. The lowest BCUT2D eigenvalue weighted by Gasteiger charge is -2.37. The van der Waals surface area contributed by atoms with Gasteiger partial charge in [-0.3, -0.25) is 29.0 Å². The molecular weight excluding hydrogens is 835 g/mol. The standard InChI is InChI=1S/C52H67N7O7/c1-10-45(61)57-22-20-37(30-57)49(63)56(9)46(32(3)4)48(62)53-43-25-34-23-38(26-39(60)24-34)36-18-19-44-40(27-36)41(47(58(44)11-2)35-16-14-33(15-17-35)29-55(7)8)28-52(5,6)31-66-51(65)42-13-12-21-59(54-42)50(43)64/h10,14-19,23-24,26-27,32,37,42-43,46,54,60H,1,11-13,20-22,25,28-31H2,2-9H3,(H,53,62)/t37-,42-,43-,46-/m0/s1. The van der Waals surface area contributed by atoms with Crippen LogP contribution < -0.4 is 10.7 Å². The summed E-state index contributed by atoms with van der Waals surface area (Å²) in [6, 6.07) is 17.4. The van der Waals surface area contributed by atoms with E-state index in [2.05, 4.69) is 98.1 Å². The third-order valence-electron chi connectivity index (χ3n) is 13.3. The number of hydrogen-bond donors (Lipinski definition) is 3. The summed E-state index contributed by atoms with van der Waals surface area (Å²) in [7, 11) is 5.70. The number of cyclic esters (lactones) is 1. The van der Waals surface area contributed by atoms with E-state index >= 15 is 0 Å². The number of esters is 1. The average Bonchev–Trinajstić information content (AvgIpc) is 3.90. The van der Waals surface area contributed by atoms with E-state index in [0.29, 0.717) is 37.8 Å². The third kappa shape index (κ3) is 10.3. The smallest absolute Gasteiger partial charge is 0.324 e. The molecule has 7 rings (SSSR count). The van der Waals surface area contributed by atoms with E-state index in [1.54, 1.807) is 24.1 Å². The van der Waals surface area contributed by atoms with Crippen LogP contribution in [0.15, 0.2) is 73.3 Å². The molecule has 0 radical (unpaired) electrons. The molecule has 6 bridgehead atoms. The minimum absolute atomic E-state index is 0.00482. The fraction of sp³-hybridized carbons (Fsp3) is 0.481. The van der Waals surface area contributed by atoms with Crippen LogP contribution in [0.1, 0.15) is 70.6 Å². The number of aryl methyl sites for hydroxylation is 1. The van der Waals surface area contributed by atoms with Crippen molar-refractivity contribution in [3.05, 3.63) is 90.0 Å². The first kappa shape index (κ1) is 48.0. The number of carbonyl (C=O) groups excluding carboxylic acids is 5. The van der Waals surface area contributed by atoms with E-state index in [9.17, 15) is 29.1 Å². The summed E-state index contributed by atoms with van der Waals surface area (Å²) < 4.78 is 8.45. The van der Waals surface area contributed by atoms with Gasteiger partial charge in [0, 0.05) is 62.5 Å². The van der Waals surface area contributed by atoms with Gasteiger partial charge in [-0.25, -0.2) is 5.43 Å². The van der Waals surface area contributed by atoms with E-state index in [0.717, 1.165) is 51.9 Å². The number of likely N-dealkylation sites (N-methyl/N-ethyl adjacent to an activating group) is 1. The van der Waals surface area contributed by atoms with Gasteiger partial charge in [0.1, 0.15) is 23.9 Å². The molecule has 3 aliphatic heterocycles. The Bertz CT molecular complexity index is 2490. The number of hydrogen-bond acceptors (Lipinski definition) is 9. The quantitative estimate of drug-likeness (QED) is 0.130. The lowest BCUT2D eigenvalue weighted by molar-refractivity contribution is -0.155. The highest BCUT2D eigenvalue weighted by molar-refractivity contribution is 5.96. The number of hydrazine groups is 1. The Kier molecular flexibility index (Phi) is 14.4. The Morgan fingerprint density at radius 3 is 2.39 bits per heavy atom. The van der Waals surface area contributed by atoms with E-state index in [1.807, 2.05) is 26.0 Å². The minimum atomic E-state index is -1.15. The average molecular weight is 902 g/mol. The highest BCUT2D eigenvalue weighted by Gasteiger charge is 2.40. The van der Waals surface area contributed by atoms with Crippen molar-refractivity contribution in [3.8, 4) is 28.1 Å². The Balaban J connectivity index is 1.29. The number of phenols is 1. The molecule has 0 saturated carbocycles. The van der Waals surface area contributed by atoms with Gasteiger partial charge >= 0.3 is 5.97 Å². The normalized spacial score (nSPS) is 20.5. The van der Waals surface area contributed by atoms with Crippen molar-refractivity contribution in [1.82, 2.24) is 35.0 Å². The van der Waals surface area contributed by atoms with Crippen molar-refractivity contribution in [1.29, 1.82) is 0 Å². The van der Waals surface area contributed by atoms with Crippen LogP contribution in [0, 0.1) is 17.3 Å². The van der Waals surface area contributed by atoms with E-state index < -0.39 is 47.2 Å². The summed E-state index contributed by atoms with van der Waals surface area (Å²) in [5.74, 6) is -2.78. The maximum atomic E-state index is 14.7. The Morgan fingerprint density at radius 1 is 0.985 bits per heavy atom. The lowest BCUT2D eigenvalue weighted by Crippen LogP contribution is -2.62. The number of nitrogens with zero attached hydrogens (tertiary/aromatic N) is 5. The van der Waals surface area contributed by atoms with Crippen LogP contribution >= 0.6 is 0 Å². The van der Waals surface area contributed by atoms with E-state index in [4.69, 9.17) is 4.74 Å². The van der Waals surface area contributed by atoms with Crippen molar-refractivity contribution in [2.45, 2.75) is 97.9 Å². The molecule has 4 atom stereocenters. The van der Waals surface area contributed by atoms with Crippen molar-refractivity contribution < 1.29 is 33.8 Å². The van der Waals surface area contributed by atoms with Crippen molar-refractivity contribution in [3.63, 3.8) is 0 Å². The molecule has 0 aliphatic carbocycles. The SMILES string of the molecule is C=CC(=O)N1CC[C@H](C(=O)N(C)[C@H](C(=O)N[C@H]2Cc3cc(O)cc(c3)-c3ccc4c(c3)c(c(-c3ccc(CN(C)C)cc3)n4CC)CC(C)(C)COC(=O)[C@@H]3CCCN(N3)C2=O)C(C)C)C1. The molecule has 3 aromatic carbocycles. The van der Waals surface area contributed by atoms with Gasteiger partial charge in [0.2, 0.25) is 17.7 Å². The summed E-state index contributed by atoms with van der Waals surface area (Å²) in [6.45, 7) is 16.2. The van der Waals surface area contributed by atoms with Crippen LogP contribution in [0.5, 0.6) is 5.75 Å². The Hall–Kier alpha value is -5.99. The first-order valence-corrected chi connectivity index (χ1v) is 23.3. The summed E-state index contributed by atoms with van der Waals surface area (Å²) in [5, 5.41) is 16.8. The molecule has 3 N–H and O–H groups in total. The predicted octanol–water partition coefficient (Wildman–Crippen LogP) is 5.93. The van der Waals surface area contributed by atoms with Gasteiger partial charge in [-0.15, -0.1) is 0 Å². The molecule has 0 unspecified atom stereocenters. The number of aromatic hydroxyl groups is 1. The van der Waals surface area contributed by atoms with Gasteiger partial charge in [-0.1, -0.05) is 70.7 Å². The third-order valence-corrected chi connectivity index (χ3v) is 13.3. The molecular formula is C52H67N7O7. The number of fused-ring (bicyclic) bond motifs is 6. The minimum Gasteiger partial charge on any atom is -0.508 e. The van der Waals surface area contributed by atoms with Crippen LogP contribution in [0.2, 0.25) is 0 Å². The molecule has 4 amide bonds. The topological polar surface area (TPSA) is 157 Å². The van der Waals surface area contributed by atoms with Gasteiger partial charge in [-0.2, -0.15) is 0 Å². The molecule has 66 heavy (non-hydrogen) atoms. The number of aromatic nitrogens is 1. The van der Waals surface area contributed by atoms with Crippen molar-refractivity contribution >= 4 is 40.5 Å². The molecule has 14 heteroatoms. The number of benzene rings is 3. The summed E-state index contributed by atoms with van der Waals surface area (Å²) in [4.78, 5) is 74.5. The predicted molar refractivity (Wildman–Crippen MR) is 256 cm³/mol. The van der Waals surface area contributed by atoms with Crippen LogP contribution in [0.3, 0.4) is 0 Å². The molecule has 4 heterocycles. The second-order valence-electron chi connectivity index (χ2n) is 19.8. The number of ether oxygens (including phenoxy) is 1. The summed E-state index contributed by atoms with van der Waals surface area (Å²) >= 11 is 0. The number of nitrogens with one attached hydrogen (secondary N) is 2. The first-order chi connectivity index (χ1) is 31.4. The number of amides is 4. The highest BCUT2D eigenvalue weighted by atomic mass is 16.5.